The first-order valence-electron chi connectivity index (χ1n) is 7.42. The first-order valence-corrected chi connectivity index (χ1v) is 7.42. The summed E-state index contributed by atoms with van der Waals surface area (Å²) in [6.45, 7) is 0. The van der Waals surface area contributed by atoms with E-state index < -0.39 is 11.7 Å². The van der Waals surface area contributed by atoms with E-state index in [0.29, 0.717) is 23.0 Å². The molecule has 12 heteroatoms. The van der Waals surface area contributed by atoms with Gasteiger partial charge in [0.1, 0.15) is 11.5 Å². The first-order chi connectivity index (χ1) is 12.8. The number of anilines is 2. The lowest BCUT2D eigenvalue weighted by Crippen LogP contribution is -2.15. The molecule has 3 rings (SSSR count). The average Bonchev–Trinajstić information content (AvgIpc) is 3.01. The molecule has 0 amide bonds. The topological polar surface area (TPSA) is 127 Å². The van der Waals surface area contributed by atoms with Gasteiger partial charge in [0.2, 0.25) is 0 Å². The number of nitrogens with one attached hydrogen (secondary N) is 1. The molecule has 0 saturated heterocycles. The zero-order valence-electron chi connectivity index (χ0n) is 13.8. The lowest BCUT2D eigenvalue weighted by molar-refractivity contribution is -0.137. The normalized spacial score (nSPS) is 12.2. The zero-order chi connectivity index (χ0) is 19.6. The standard InChI is InChI=1S/C15H13F3N8O/c1-26-11(9-3-2-8(5-20-9)15(16,17)18)4-12(24-26)23-13-7-21-10(6-22-13)14(19)25-27/h2-7,27H,1H3,(H2,19,25)(H,22,23,24). The van der Waals surface area contributed by atoms with Gasteiger partial charge in [0.05, 0.1) is 29.3 Å². The Morgan fingerprint density at radius 2 is 1.93 bits per heavy atom. The second-order valence-corrected chi connectivity index (χ2v) is 5.37. The van der Waals surface area contributed by atoms with Crippen LogP contribution in [0.15, 0.2) is 41.9 Å². The van der Waals surface area contributed by atoms with Gasteiger partial charge in [-0.3, -0.25) is 9.67 Å². The number of rotatable bonds is 4. The minimum absolute atomic E-state index is 0.178. The van der Waals surface area contributed by atoms with E-state index in [1.54, 1.807) is 13.1 Å². The Balaban J connectivity index is 1.80. The highest BCUT2D eigenvalue weighted by Crippen LogP contribution is 2.30. The van der Waals surface area contributed by atoms with Crippen LogP contribution in [0.2, 0.25) is 0 Å². The van der Waals surface area contributed by atoms with Gasteiger partial charge >= 0.3 is 6.18 Å². The first kappa shape index (κ1) is 18.1. The monoisotopic (exact) mass is 378 g/mol. The van der Waals surface area contributed by atoms with Crippen LogP contribution in [0.25, 0.3) is 11.4 Å². The molecule has 0 fully saturated rings. The molecular weight excluding hydrogens is 365 g/mol. The van der Waals surface area contributed by atoms with Crippen molar-refractivity contribution in [1.29, 1.82) is 0 Å². The molecule has 27 heavy (non-hydrogen) atoms. The molecule has 3 aromatic rings. The Hall–Kier alpha value is -3.70. The molecule has 3 heterocycles. The maximum Gasteiger partial charge on any atom is 0.417 e. The van der Waals surface area contributed by atoms with Gasteiger partial charge < -0.3 is 16.3 Å². The third kappa shape index (κ3) is 3.94. The summed E-state index contributed by atoms with van der Waals surface area (Å²) in [5.41, 5.74) is 5.61. The van der Waals surface area contributed by atoms with Crippen molar-refractivity contribution in [1.82, 2.24) is 24.7 Å². The quantitative estimate of drug-likeness (QED) is 0.275. The summed E-state index contributed by atoms with van der Waals surface area (Å²) < 4.78 is 39.4. The third-order valence-corrected chi connectivity index (χ3v) is 3.51. The molecule has 0 aliphatic carbocycles. The van der Waals surface area contributed by atoms with Crippen LogP contribution in [0.5, 0.6) is 0 Å². The molecule has 0 spiro atoms. The smallest absolute Gasteiger partial charge is 0.409 e. The minimum Gasteiger partial charge on any atom is -0.409 e. The van der Waals surface area contributed by atoms with Crippen LogP contribution in [0.4, 0.5) is 24.8 Å². The molecule has 0 bridgehead atoms. The van der Waals surface area contributed by atoms with E-state index in [9.17, 15) is 13.2 Å². The number of alkyl halides is 3. The number of amidine groups is 1. The van der Waals surface area contributed by atoms with Gasteiger partial charge in [-0.1, -0.05) is 5.16 Å². The SMILES string of the molecule is Cn1nc(Nc2cnc(/C(N)=N/O)cn2)cc1-c1ccc(C(F)(F)F)cn1. The zero-order valence-corrected chi connectivity index (χ0v) is 13.8. The fourth-order valence-electron chi connectivity index (χ4n) is 2.19. The minimum atomic E-state index is -4.44. The summed E-state index contributed by atoms with van der Waals surface area (Å²) in [4.78, 5) is 11.9. The Kier molecular flexibility index (Phi) is 4.62. The van der Waals surface area contributed by atoms with Gasteiger partial charge in [0, 0.05) is 19.3 Å². The molecule has 4 N–H and O–H groups in total. The molecule has 0 atom stereocenters. The van der Waals surface area contributed by atoms with Crippen molar-refractivity contribution >= 4 is 17.5 Å². The maximum absolute atomic E-state index is 12.6. The molecule has 0 aromatic carbocycles. The van der Waals surface area contributed by atoms with Crippen molar-refractivity contribution in [3.8, 4) is 11.4 Å². The van der Waals surface area contributed by atoms with Gasteiger partial charge in [-0.05, 0) is 12.1 Å². The summed E-state index contributed by atoms with van der Waals surface area (Å²) in [6, 6.07) is 3.84. The number of nitrogens with zero attached hydrogens (tertiary/aromatic N) is 6. The molecule has 0 saturated carbocycles. The molecule has 0 radical (unpaired) electrons. The summed E-state index contributed by atoms with van der Waals surface area (Å²) in [6.07, 6.45) is -1.01. The number of hydrogen-bond acceptors (Lipinski definition) is 7. The second kappa shape index (κ2) is 6.90. The molecular formula is C15H13F3N8O. The van der Waals surface area contributed by atoms with E-state index in [1.165, 1.54) is 23.1 Å². The van der Waals surface area contributed by atoms with Crippen molar-refractivity contribution in [3.63, 3.8) is 0 Å². The van der Waals surface area contributed by atoms with E-state index in [1.807, 2.05) is 0 Å². The van der Waals surface area contributed by atoms with Gasteiger partial charge in [0.25, 0.3) is 0 Å². The fourth-order valence-corrected chi connectivity index (χ4v) is 2.19. The number of aryl methyl sites for hydroxylation is 1. The van der Waals surface area contributed by atoms with Gasteiger partial charge in [-0.2, -0.15) is 18.3 Å². The Bertz CT molecular complexity index is 964. The van der Waals surface area contributed by atoms with Crippen LogP contribution >= 0.6 is 0 Å². The fraction of sp³-hybridized carbons (Fsp3) is 0.133. The van der Waals surface area contributed by atoms with Crippen LogP contribution in [0.1, 0.15) is 11.3 Å². The average molecular weight is 378 g/mol. The van der Waals surface area contributed by atoms with E-state index in [0.717, 1.165) is 12.3 Å². The number of nitrogens with two attached hydrogens (primary N) is 1. The highest BCUT2D eigenvalue weighted by Gasteiger charge is 2.30. The Morgan fingerprint density at radius 3 is 2.48 bits per heavy atom. The van der Waals surface area contributed by atoms with E-state index in [4.69, 9.17) is 10.9 Å². The molecule has 0 unspecified atom stereocenters. The third-order valence-electron chi connectivity index (χ3n) is 3.51. The van der Waals surface area contributed by atoms with Crippen molar-refractivity contribution in [3.05, 3.63) is 48.0 Å². The van der Waals surface area contributed by atoms with E-state index in [-0.39, 0.29) is 11.5 Å². The maximum atomic E-state index is 12.6. The van der Waals surface area contributed by atoms with Crippen molar-refractivity contribution < 1.29 is 18.4 Å². The van der Waals surface area contributed by atoms with E-state index >= 15 is 0 Å². The summed E-state index contributed by atoms with van der Waals surface area (Å²) in [5.74, 6) is 0.553. The van der Waals surface area contributed by atoms with Crippen LogP contribution in [0.3, 0.4) is 0 Å². The van der Waals surface area contributed by atoms with Crippen molar-refractivity contribution in [2.75, 3.05) is 5.32 Å². The predicted octanol–water partition coefficient (Wildman–Crippen LogP) is 2.13. The van der Waals surface area contributed by atoms with Gasteiger partial charge in [0.15, 0.2) is 11.7 Å². The number of pyridine rings is 1. The molecule has 3 aromatic heterocycles. The number of oxime groups is 1. The molecule has 140 valence electrons. The molecule has 0 aliphatic rings. The van der Waals surface area contributed by atoms with Crippen LogP contribution in [0, 0.1) is 0 Å². The Morgan fingerprint density at radius 1 is 1.15 bits per heavy atom. The number of hydrogen-bond donors (Lipinski definition) is 3. The van der Waals surface area contributed by atoms with Crippen LogP contribution < -0.4 is 11.1 Å². The Labute approximate surface area is 150 Å². The molecule has 0 aliphatic heterocycles. The summed E-state index contributed by atoms with van der Waals surface area (Å²) in [7, 11) is 1.63. The highest BCUT2D eigenvalue weighted by atomic mass is 19.4. The summed E-state index contributed by atoms with van der Waals surface area (Å²) >= 11 is 0. The van der Waals surface area contributed by atoms with Gasteiger partial charge in [-0.15, -0.1) is 0 Å². The van der Waals surface area contributed by atoms with E-state index in [2.05, 4.69) is 30.5 Å². The lowest BCUT2D eigenvalue weighted by Gasteiger charge is -2.06. The second-order valence-electron chi connectivity index (χ2n) is 5.37. The van der Waals surface area contributed by atoms with Crippen molar-refractivity contribution in [2.45, 2.75) is 6.18 Å². The largest absolute Gasteiger partial charge is 0.417 e. The molecule has 9 nitrogen and oxygen atoms in total. The van der Waals surface area contributed by atoms with Crippen LogP contribution in [-0.2, 0) is 13.2 Å². The number of halogens is 3. The highest BCUT2D eigenvalue weighted by molar-refractivity contribution is 5.94. The lowest BCUT2D eigenvalue weighted by atomic mass is 10.2. The van der Waals surface area contributed by atoms with Crippen LogP contribution in [-0.4, -0.2) is 35.8 Å². The van der Waals surface area contributed by atoms with Crippen molar-refractivity contribution in [2.24, 2.45) is 17.9 Å². The number of aromatic nitrogens is 5. The summed E-state index contributed by atoms with van der Waals surface area (Å²) in [5, 5.41) is 18.5. The van der Waals surface area contributed by atoms with Gasteiger partial charge in [-0.25, -0.2) is 9.97 Å². The predicted molar refractivity (Wildman–Crippen MR) is 89.3 cm³/mol.